The van der Waals surface area contributed by atoms with Crippen LogP contribution in [-0.2, 0) is 32.0 Å². The second-order valence-electron chi connectivity index (χ2n) is 21.0. The minimum Gasteiger partial charge on any atom is -0.453 e. The summed E-state index contributed by atoms with van der Waals surface area (Å²) in [5, 5.41) is 18.7. The van der Waals surface area contributed by atoms with E-state index in [-0.39, 0.29) is 11.4 Å². The monoisotopic (exact) mass is 1110 g/mol. The van der Waals surface area contributed by atoms with E-state index < -0.39 is 108 Å². The van der Waals surface area contributed by atoms with Gasteiger partial charge in [0.15, 0.2) is 5.82 Å². The molecule has 17 nitrogen and oxygen atoms in total. The zero-order valence-electron chi connectivity index (χ0n) is 44.1. The van der Waals surface area contributed by atoms with Crippen LogP contribution in [0.4, 0.5) is 50.5 Å². The molecule has 3 fully saturated rings. The lowest BCUT2D eigenvalue weighted by Gasteiger charge is -2.48. The first-order valence-electron chi connectivity index (χ1n) is 25.4. The van der Waals surface area contributed by atoms with Gasteiger partial charge < -0.3 is 35.4 Å². The number of halogens is 8. The van der Waals surface area contributed by atoms with Crippen LogP contribution in [0.2, 0.25) is 0 Å². The minimum absolute atomic E-state index is 0.0948. The van der Waals surface area contributed by atoms with Crippen LogP contribution in [0.5, 0.6) is 0 Å². The van der Waals surface area contributed by atoms with E-state index in [0.717, 1.165) is 45.3 Å². The molecule has 426 valence electrons. The summed E-state index contributed by atoms with van der Waals surface area (Å²) in [7, 11) is 1.66. The molecular formula is C54H62F8N10O7. The zero-order valence-corrected chi connectivity index (χ0v) is 44.1. The molecule has 2 saturated heterocycles. The van der Waals surface area contributed by atoms with Crippen molar-refractivity contribution in [2.24, 2.45) is 10.8 Å². The van der Waals surface area contributed by atoms with Crippen molar-refractivity contribution in [2.75, 3.05) is 38.8 Å². The Bertz CT molecular complexity index is 2830. The lowest BCUT2D eigenvalue weighted by Crippen LogP contribution is -2.63. The number of benzene rings is 2. The van der Waals surface area contributed by atoms with Crippen molar-refractivity contribution < 1.29 is 68.9 Å². The van der Waals surface area contributed by atoms with Crippen molar-refractivity contribution in [3.8, 4) is 23.2 Å². The molecule has 7 rings (SSSR count). The highest BCUT2D eigenvalue weighted by Gasteiger charge is 2.57. The van der Waals surface area contributed by atoms with Crippen molar-refractivity contribution in [3.05, 3.63) is 107 Å². The Balaban J connectivity index is 1.17. The Morgan fingerprint density at radius 2 is 1.27 bits per heavy atom. The van der Waals surface area contributed by atoms with E-state index in [9.17, 15) is 50.6 Å². The number of aliphatic hydroxyl groups is 1. The van der Waals surface area contributed by atoms with Crippen LogP contribution >= 0.6 is 0 Å². The molecule has 6 atom stereocenters. The van der Waals surface area contributed by atoms with Gasteiger partial charge in [-0.2, -0.15) is 26.3 Å². The number of aromatic nitrogens is 3. The van der Waals surface area contributed by atoms with Crippen LogP contribution in [0.1, 0.15) is 82.1 Å². The first-order valence-corrected chi connectivity index (χ1v) is 25.4. The van der Waals surface area contributed by atoms with Crippen LogP contribution in [0, 0.1) is 34.3 Å². The van der Waals surface area contributed by atoms with Gasteiger partial charge in [0, 0.05) is 85.1 Å². The standard InChI is InChI=1S/C54H62F8N10O7/c1-51(2,53(57,58)59)44(67-49(76)78-5)47(74)66-41(23-32-14-11-31(12-15-32)13-16-33-17-20-43(65-26-33)70-27-36-18-19-37(28-70)72(36)35-9-7-10-35)42(73)30-71(69-48(75)45(68-50(77)79-6)52(3,4)54(60,61)62)29-38-39(55)24-34(25-40(38)56)46-63-21-8-22-64-46/h8,11-12,14-15,17,20-22,24-26,35-37,41-42,44-45,73H,7,9-10,18-19,23,27-30H2,1-6H3,(H,66,74)(H,67,76)(H,68,77)(H,69,75)/t36?,37?,41-,42-,44+,45+/m0/s1. The van der Waals surface area contributed by atoms with Crippen molar-refractivity contribution in [2.45, 2.75) is 127 Å². The van der Waals surface area contributed by atoms with Gasteiger partial charge in [-0.1, -0.05) is 30.4 Å². The van der Waals surface area contributed by atoms with Crippen molar-refractivity contribution >= 4 is 29.8 Å². The van der Waals surface area contributed by atoms with E-state index in [4.69, 9.17) is 4.98 Å². The van der Waals surface area contributed by atoms with Crippen LogP contribution < -0.4 is 26.3 Å². The van der Waals surface area contributed by atoms with E-state index in [2.05, 4.69) is 51.8 Å². The minimum atomic E-state index is -5.18. The summed E-state index contributed by atoms with van der Waals surface area (Å²) in [4.78, 5) is 70.6. The highest BCUT2D eigenvalue weighted by Crippen LogP contribution is 2.43. The maximum absolute atomic E-state index is 16.0. The Morgan fingerprint density at radius 3 is 1.76 bits per heavy atom. The third-order valence-corrected chi connectivity index (χ3v) is 15.0. The predicted molar refractivity (Wildman–Crippen MR) is 271 cm³/mol. The molecule has 2 aromatic carbocycles. The summed E-state index contributed by atoms with van der Waals surface area (Å²) in [6.07, 6.45) is -5.30. The summed E-state index contributed by atoms with van der Waals surface area (Å²) in [5.74, 6) is 1.21. The highest BCUT2D eigenvalue weighted by atomic mass is 19.4. The quantitative estimate of drug-likeness (QED) is 0.0389. The molecular weight excluding hydrogens is 1050 g/mol. The lowest BCUT2D eigenvalue weighted by atomic mass is 9.82. The van der Waals surface area contributed by atoms with Crippen LogP contribution in [0.25, 0.3) is 11.4 Å². The predicted octanol–water partition coefficient (Wildman–Crippen LogP) is 6.97. The molecule has 3 aliphatic rings. The largest absolute Gasteiger partial charge is 0.453 e. The second-order valence-corrected chi connectivity index (χ2v) is 21.0. The molecule has 2 aliphatic heterocycles. The number of piperazine rings is 1. The number of amides is 4. The molecule has 2 bridgehead atoms. The molecule has 1 saturated carbocycles. The summed E-state index contributed by atoms with van der Waals surface area (Å²) in [6, 6.07) is 8.21. The Hall–Kier alpha value is -7.17. The van der Waals surface area contributed by atoms with Gasteiger partial charge in [-0.25, -0.2) is 38.3 Å². The number of nitrogens with zero attached hydrogens (tertiary/aromatic N) is 6. The average molecular weight is 1120 g/mol. The number of aliphatic hydroxyl groups excluding tert-OH is 1. The number of alkyl carbamates (subject to hydrolysis) is 2. The maximum Gasteiger partial charge on any atom is 0.407 e. The highest BCUT2D eigenvalue weighted by molar-refractivity contribution is 5.87. The Kier molecular flexibility index (Phi) is 18.4. The third-order valence-electron chi connectivity index (χ3n) is 15.0. The van der Waals surface area contributed by atoms with E-state index in [1.54, 1.807) is 18.3 Å². The number of alkyl halides is 6. The van der Waals surface area contributed by atoms with E-state index in [1.807, 2.05) is 22.8 Å². The number of pyridine rings is 1. The Morgan fingerprint density at radius 1 is 0.734 bits per heavy atom. The first kappa shape index (κ1) is 59.5. The number of nitrogens with one attached hydrogen (secondary N) is 4. The normalized spacial score (nSPS) is 18.5. The molecule has 25 heteroatoms. The molecule has 2 aromatic heterocycles. The van der Waals surface area contributed by atoms with Gasteiger partial charge in [-0.05, 0) is 108 Å². The fourth-order valence-electron chi connectivity index (χ4n) is 9.80. The zero-order chi connectivity index (χ0) is 57.6. The average Bonchev–Trinajstić information content (AvgIpc) is 3.78. The summed E-state index contributed by atoms with van der Waals surface area (Å²) in [6.45, 7) is 2.13. The lowest BCUT2D eigenvalue weighted by molar-refractivity contribution is -0.221. The molecule has 0 radical (unpaired) electrons. The smallest absolute Gasteiger partial charge is 0.407 e. The third kappa shape index (κ3) is 14.0. The number of carbonyl (C=O) groups excluding carboxylic acids is 4. The number of ether oxygens (including phenoxy) is 2. The number of fused-ring (bicyclic) bond motifs is 2. The number of carbonyl (C=O) groups is 4. The molecule has 2 unspecified atom stereocenters. The molecule has 5 N–H and O–H groups in total. The fraction of sp³-hybridized carbons (Fsp3) is 0.500. The van der Waals surface area contributed by atoms with Gasteiger partial charge in [0.25, 0.3) is 5.91 Å². The number of anilines is 1. The molecule has 4 aromatic rings. The van der Waals surface area contributed by atoms with Gasteiger partial charge in [-0.3, -0.25) is 19.9 Å². The van der Waals surface area contributed by atoms with E-state index >= 15 is 8.78 Å². The van der Waals surface area contributed by atoms with Crippen LogP contribution in [0.15, 0.2) is 73.2 Å². The molecule has 1 aliphatic carbocycles. The molecule has 4 heterocycles. The van der Waals surface area contributed by atoms with E-state index in [0.29, 0.717) is 67.5 Å². The number of hydrazine groups is 1. The second kappa shape index (κ2) is 24.5. The van der Waals surface area contributed by atoms with Gasteiger partial charge in [0.1, 0.15) is 29.5 Å². The number of hydrogen-bond acceptors (Lipinski definition) is 13. The summed E-state index contributed by atoms with van der Waals surface area (Å²) >= 11 is 0. The van der Waals surface area contributed by atoms with Gasteiger partial charge in [0.2, 0.25) is 5.91 Å². The number of rotatable bonds is 18. The van der Waals surface area contributed by atoms with Crippen molar-refractivity contribution in [1.82, 2.24) is 46.2 Å². The Labute approximate surface area is 451 Å². The number of methoxy groups -OCH3 is 2. The van der Waals surface area contributed by atoms with Crippen LogP contribution in [-0.4, -0.2) is 143 Å². The number of hydrogen-bond donors (Lipinski definition) is 5. The van der Waals surface area contributed by atoms with Crippen LogP contribution in [0.3, 0.4) is 0 Å². The summed E-state index contributed by atoms with van der Waals surface area (Å²) < 4.78 is 128. The maximum atomic E-state index is 16.0. The molecule has 79 heavy (non-hydrogen) atoms. The fourth-order valence-corrected chi connectivity index (χ4v) is 9.80. The topological polar surface area (TPSA) is 203 Å². The van der Waals surface area contributed by atoms with Gasteiger partial charge in [-0.15, -0.1) is 0 Å². The molecule has 0 spiro atoms. The molecule has 4 amide bonds. The van der Waals surface area contributed by atoms with Gasteiger partial charge in [0.05, 0.1) is 37.2 Å². The SMILES string of the molecule is COC(=O)N[C@H](C(=O)N[C@@H](Cc1ccc(C#Cc2ccc(N3CC4CCC(C3)N4C3CCC3)nc2)cc1)[C@@H](O)CN(Cc1c(F)cc(-c2ncccn2)cc1F)NC(=O)[C@@H](NC(=O)OC)C(C)(C)C(F)(F)F)C(C)(C)C(F)(F)F. The van der Waals surface area contributed by atoms with Crippen molar-refractivity contribution in [3.63, 3.8) is 0 Å². The van der Waals surface area contributed by atoms with E-state index in [1.165, 1.54) is 62.7 Å². The summed E-state index contributed by atoms with van der Waals surface area (Å²) in [5.41, 5.74) is -3.48. The van der Waals surface area contributed by atoms with Gasteiger partial charge >= 0.3 is 24.5 Å². The van der Waals surface area contributed by atoms with Crippen molar-refractivity contribution in [1.29, 1.82) is 0 Å². The first-order chi connectivity index (χ1) is 37.2.